The van der Waals surface area contributed by atoms with E-state index in [-0.39, 0.29) is 29.7 Å². The number of para-hydroxylation sites is 1. The van der Waals surface area contributed by atoms with Crippen LogP contribution in [0, 0.1) is 5.82 Å². The first-order valence-corrected chi connectivity index (χ1v) is 7.67. The predicted molar refractivity (Wildman–Crippen MR) is 108 cm³/mol. The number of ether oxygens (including phenoxy) is 1. The average Bonchev–Trinajstić information content (AvgIpc) is 2.59. The van der Waals surface area contributed by atoms with Gasteiger partial charge in [0, 0.05) is 20.6 Å². The highest BCUT2D eigenvalue weighted by molar-refractivity contribution is 14.0. The molecule has 7 heteroatoms. The van der Waals surface area contributed by atoms with E-state index in [4.69, 9.17) is 4.74 Å². The summed E-state index contributed by atoms with van der Waals surface area (Å²) in [6, 6.07) is 13.9. The second kappa shape index (κ2) is 10.8. The lowest BCUT2D eigenvalue weighted by Crippen LogP contribution is -2.40. The fourth-order valence-corrected chi connectivity index (χ4v) is 2.15. The van der Waals surface area contributed by atoms with Gasteiger partial charge in [-0.2, -0.15) is 0 Å². The van der Waals surface area contributed by atoms with Crippen molar-refractivity contribution in [3.63, 3.8) is 0 Å². The first-order valence-electron chi connectivity index (χ1n) is 7.67. The number of hydrogen-bond acceptors (Lipinski definition) is 3. The van der Waals surface area contributed by atoms with Gasteiger partial charge in [-0.15, -0.1) is 24.0 Å². The number of phenols is 1. The summed E-state index contributed by atoms with van der Waals surface area (Å²) in [6.45, 7) is 1.58. The minimum atomic E-state index is -0.631. The minimum absolute atomic E-state index is 0. The molecular formula is C18H23FIN3O2. The molecule has 2 aromatic rings. The lowest BCUT2D eigenvalue weighted by Gasteiger charge is -2.22. The molecule has 25 heavy (non-hydrogen) atoms. The smallest absolute Gasteiger partial charge is 0.193 e. The van der Waals surface area contributed by atoms with Crippen LogP contribution in [0.25, 0.3) is 0 Å². The molecule has 0 radical (unpaired) electrons. The van der Waals surface area contributed by atoms with Gasteiger partial charge in [-0.3, -0.25) is 4.99 Å². The molecule has 2 rings (SSSR count). The van der Waals surface area contributed by atoms with Crippen LogP contribution < -0.4 is 10.1 Å². The maximum absolute atomic E-state index is 13.3. The molecule has 0 amide bonds. The normalized spacial score (nSPS) is 10.8. The molecular weight excluding hydrogens is 436 g/mol. The van der Waals surface area contributed by atoms with Crippen LogP contribution in [-0.2, 0) is 6.54 Å². The van der Waals surface area contributed by atoms with Gasteiger partial charge in [-0.1, -0.05) is 24.3 Å². The topological polar surface area (TPSA) is 57.1 Å². The van der Waals surface area contributed by atoms with E-state index in [9.17, 15) is 9.50 Å². The number of benzene rings is 2. The Labute approximate surface area is 164 Å². The summed E-state index contributed by atoms with van der Waals surface area (Å²) >= 11 is 0. The summed E-state index contributed by atoms with van der Waals surface area (Å²) in [7, 11) is 3.59. The Morgan fingerprint density at radius 3 is 2.60 bits per heavy atom. The van der Waals surface area contributed by atoms with E-state index in [1.807, 2.05) is 42.3 Å². The number of guanidine groups is 1. The molecule has 0 atom stereocenters. The fourth-order valence-electron chi connectivity index (χ4n) is 2.15. The molecule has 2 aromatic carbocycles. The van der Waals surface area contributed by atoms with Crippen molar-refractivity contribution in [2.45, 2.75) is 6.54 Å². The third-order valence-electron chi connectivity index (χ3n) is 3.47. The van der Waals surface area contributed by atoms with Crippen LogP contribution >= 0.6 is 24.0 Å². The zero-order valence-electron chi connectivity index (χ0n) is 14.3. The number of hydrogen-bond donors (Lipinski definition) is 2. The second-order valence-electron chi connectivity index (χ2n) is 5.27. The van der Waals surface area contributed by atoms with Crippen LogP contribution in [0.15, 0.2) is 53.5 Å². The Hall–Kier alpha value is -2.03. The highest BCUT2D eigenvalue weighted by Gasteiger charge is 2.07. The van der Waals surface area contributed by atoms with E-state index in [0.717, 1.165) is 11.3 Å². The van der Waals surface area contributed by atoms with E-state index < -0.39 is 5.82 Å². The van der Waals surface area contributed by atoms with Crippen LogP contribution in [0.3, 0.4) is 0 Å². The molecule has 0 fully saturated rings. The van der Waals surface area contributed by atoms with Gasteiger partial charge in [0.2, 0.25) is 0 Å². The number of rotatable bonds is 6. The first kappa shape index (κ1) is 21.0. The summed E-state index contributed by atoms with van der Waals surface area (Å²) in [5, 5.41) is 12.4. The predicted octanol–water partition coefficient (Wildman–Crippen LogP) is 3.24. The van der Waals surface area contributed by atoms with Gasteiger partial charge in [-0.05, 0) is 29.8 Å². The largest absolute Gasteiger partial charge is 0.505 e. The summed E-state index contributed by atoms with van der Waals surface area (Å²) < 4.78 is 19.0. The van der Waals surface area contributed by atoms with Gasteiger partial charge in [0.15, 0.2) is 17.5 Å². The Morgan fingerprint density at radius 1 is 1.24 bits per heavy atom. The van der Waals surface area contributed by atoms with Crippen molar-refractivity contribution in [3.05, 3.63) is 59.9 Å². The Morgan fingerprint density at radius 2 is 1.96 bits per heavy atom. The fraction of sp³-hybridized carbons (Fsp3) is 0.278. The number of aliphatic imine (C=N–C) groups is 1. The second-order valence-corrected chi connectivity index (χ2v) is 5.27. The summed E-state index contributed by atoms with van der Waals surface area (Å²) in [4.78, 5) is 6.13. The molecule has 5 nitrogen and oxygen atoms in total. The molecule has 0 unspecified atom stereocenters. The van der Waals surface area contributed by atoms with Crippen molar-refractivity contribution in [3.8, 4) is 11.5 Å². The third-order valence-corrected chi connectivity index (χ3v) is 3.47. The van der Waals surface area contributed by atoms with Crippen LogP contribution in [0.1, 0.15) is 5.56 Å². The molecule has 0 aliphatic carbocycles. The Kier molecular flexibility index (Phi) is 9.04. The number of phenolic OH excluding ortho intramolecular Hbond substituents is 1. The molecule has 0 bridgehead atoms. The standard InChI is InChI=1S/C18H22FN3O2.HI/c1-20-18(21-13-14-8-9-17(23)16(19)12-14)22(2)10-11-24-15-6-4-3-5-7-15;/h3-9,12,23H,10-11,13H2,1-2H3,(H,20,21);1H. The van der Waals surface area contributed by atoms with Gasteiger partial charge in [-0.25, -0.2) is 4.39 Å². The van der Waals surface area contributed by atoms with Crippen molar-refractivity contribution in [1.82, 2.24) is 10.2 Å². The van der Waals surface area contributed by atoms with E-state index >= 15 is 0 Å². The van der Waals surface area contributed by atoms with Crippen molar-refractivity contribution in [2.75, 3.05) is 27.2 Å². The maximum atomic E-state index is 13.3. The van der Waals surface area contributed by atoms with Crippen LogP contribution in [0.2, 0.25) is 0 Å². The van der Waals surface area contributed by atoms with Gasteiger partial charge < -0.3 is 20.1 Å². The average molecular weight is 459 g/mol. The van der Waals surface area contributed by atoms with Crippen LogP contribution in [0.4, 0.5) is 4.39 Å². The Bertz CT molecular complexity index is 683. The quantitative estimate of drug-likeness (QED) is 0.396. The molecule has 0 saturated carbocycles. The van der Waals surface area contributed by atoms with Crippen molar-refractivity contribution < 1.29 is 14.2 Å². The van der Waals surface area contributed by atoms with Crippen molar-refractivity contribution in [2.24, 2.45) is 4.99 Å². The van der Waals surface area contributed by atoms with Crippen LogP contribution in [0.5, 0.6) is 11.5 Å². The highest BCUT2D eigenvalue weighted by atomic mass is 127. The van der Waals surface area contributed by atoms with Crippen LogP contribution in [-0.4, -0.2) is 43.2 Å². The molecule has 0 spiro atoms. The van der Waals surface area contributed by atoms with Gasteiger partial charge >= 0.3 is 0 Å². The van der Waals surface area contributed by atoms with E-state index in [2.05, 4.69) is 10.3 Å². The Balaban J connectivity index is 0.00000312. The molecule has 0 heterocycles. The molecule has 0 aliphatic rings. The number of nitrogens with zero attached hydrogens (tertiary/aromatic N) is 2. The SMILES string of the molecule is CN=C(NCc1ccc(O)c(F)c1)N(C)CCOc1ccccc1.I. The van der Waals surface area contributed by atoms with E-state index in [1.165, 1.54) is 12.1 Å². The molecule has 2 N–H and O–H groups in total. The zero-order chi connectivity index (χ0) is 17.4. The van der Waals surface area contributed by atoms with Crippen molar-refractivity contribution in [1.29, 1.82) is 0 Å². The lowest BCUT2D eigenvalue weighted by molar-refractivity contribution is 0.281. The summed E-state index contributed by atoms with van der Waals surface area (Å²) in [5.74, 6) is 0.528. The molecule has 136 valence electrons. The van der Waals surface area contributed by atoms with E-state index in [1.54, 1.807) is 13.1 Å². The number of nitrogens with one attached hydrogen (secondary N) is 1. The summed E-state index contributed by atoms with van der Waals surface area (Å²) in [5.41, 5.74) is 0.723. The molecule has 0 aromatic heterocycles. The number of aromatic hydroxyl groups is 1. The van der Waals surface area contributed by atoms with Gasteiger partial charge in [0.25, 0.3) is 0 Å². The maximum Gasteiger partial charge on any atom is 0.193 e. The van der Waals surface area contributed by atoms with Gasteiger partial charge in [0.1, 0.15) is 12.4 Å². The minimum Gasteiger partial charge on any atom is -0.505 e. The first-order chi connectivity index (χ1) is 11.6. The van der Waals surface area contributed by atoms with Gasteiger partial charge in [0.05, 0.1) is 6.54 Å². The molecule has 0 saturated heterocycles. The zero-order valence-corrected chi connectivity index (χ0v) is 16.6. The van der Waals surface area contributed by atoms with Crippen molar-refractivity contribution >= 4 is 29.9 Å². The lowest BCUT2D eigenvalue weighted by atomic mass is 10.2. The monoisotopic (exact) mass is 459 g/mol. The molecule has 0 aliphatic heterocycles. The summed E-state index contributed by atoms with van der Waals surface area (Å²) in [6.07, 6.45) is 0. The highest BCUT2D eigenvalue weighted by Crippen LogP contribution is 2.16. The third kappa shape index (κ3) is 6.77. The number of likely N-dealkylation sites (N-methyl/N-ethyl adjacent to an activating group) is 1. The number of halogens is 2. The van der Waals surface area contributed by atoms with E-state index in [0.29, 0.717) is 25.7 Å².